The van der Waals surface area contributed by atoms with Gasteiger partial charge in [0.25, 0.3) is 0 Å². The van der Waals surface area contributed by atoms with Gasteiger partial charge in [-0.05, 0) is 29.9 Å². The van der Waals surface area contributed by atoms with Crippen molar-refractivity contribution in [3.63, 3.8) is 0 Å². The van der Waals surface area contributed by atoms with Crippen LogP contribution in [0.4, 0.5) is 0 Å². The van der Waals surface area contributed by atoms with Crippen LogP contribution in [-0.4, -0.2) is 5.78 Å². The lowest BCUT2D eigenvalue weighted by Crippen LogP contribution is -2.17. The topological polar surface area (TPSA) is 17.1 Å². The number of benzene rings is 1. The van der Waals surface area contributed by atoms with Crippen molar-refractivity contribution in [2.45, 2.75) is 65.7 Å². The van der Waals surface area contributed by atoms with Gasteiger partial charge in [-0.2, -0.15) is 0 Å². The number of rotatable bonds is 6. The molecule has 0 N–H and O–H groups in total. The average molecular weight is 260 g/mol. The molecule has 0 atom stereocenters. The van der Waals surface area contributed by atoms with Gasteiger partial charge in [-0.15, -0.1) is 0 Å². The van der Waals surface area contributed by atoms with E-state index in [-0.39, 0.29) is 11.3 Å². The molecule has 0 spiro atoms. The summed E-state index contributed by atoms with van der Waals surface area (Å²) < 4.78 is 0. The molecule has 0 amide bonds. The number of carbonyl (C=O) groups is 1. The van der Waals surface area contributed by atoms with Crippen molar-refractivity contribution in [1.29, 1.82) is 0 Å². The first kappa shape index (κ1) is 15.9. The quantitative estimate of drug-likeness (QED) is 0.627. The fourth-order valence-corrected chi connectivity index (χ4v) is 2.48. The summed E-state index contributed by atoms with van der Waals surface area (Å²) in [5, 5.41) is 0. The van der Waals surface area contributed by atoms with Gasteiger partial charge in [0.2, 0.25) is 0 Å². The van der Waals surface area contributed by atoms with E-state index in [1.807, 2.05) is 12.1 Å². The van der Waals surface area contributed by atoms with E-state index in [4.69, 9.17) is 0 Å². The van der Waals surface area contributed by atoms with Crippen LogP contribution in [0.5, 0.6) is 0 Å². The van der Waals surface area contributed by atoms with E-state index in [0.717, 1.165) is 31.2 Å². The molecule has 1 nitrogen and oxygen atoms in total. The van der Waals surface area contributed by atoms with E-state index >= 15 is 0 Å². The zero-order valence-corrected chi connectivity index (χ0v) is 13.1. The van der Waals surface area contributed by atoms with Crippen molar-refractivity contribution in [2.75, 3.05) is 0 Å². The second kappa shape index (κ2) is 6.88. The zero-order chi connectivity index (χ0) is 14.5. The van der Waals surface area contributed by atoms with Crippen molar-refractivity contribution >= 4 is 5.78 Å². The number of carbonyl (C=O) groups excluding carboxylic acids is 1. The third-order valence-corrected chi connectivity index (χ3v) is 3.66. The number of Topliss-reactive ketones (excluding diaryl/α,β-unsaturated/α-hetero) is 1. The van der Waals surface area contributed by atoms with Gasteiger partial charge < -0.3 is 0 Å². The Labute approximate surface area is 118 Å². The Hall–Kier alpha value is -1.11. The first-order valence-electron chi connectivity index (χ1n) is 7.54. The van der Waals surface area contributed by atoms with E-state index in [1.165, 1.54) is 5.56 Å². The second-order valence-corrected chi connectivity index (χ2v) is 6.47. The maximum atomic E-state index is 12.6. The van der Waals surface area contributed by atoms with Crippen LogP contribution in [0, 0.1) is 5.92 Å². The number of hydrogen-bond acceptors (Lipinski definition) is 1. The number of hydrogen-bond donors (Lipinski definition) is 0. The molecule has 0 aliphatic carbocycles. The van der Waals surface area contributed by atoms with Crippen LogP contribution in [-0.2, 0) is 5.41 Å². The van der Waals surface area contributed by atoms with Gasteiger partial charge in [0.1, 0.15) is 0 Å². The van der Waals surface area contributed by atoms with Crippen molar-refractivity contribution in [1.82, 2.24) is 0 Å². The molecule has 0 aliphatic heterocycles. The lowest BCUT2D eigenvalue weighted by Gasteiger charge is -2.21. The van der Waals surface area contributed by atoms with Crippen molar-refractivity contribution in [2.24, 2.45) is 5.92 Å². The summed E-state index contributed by atoms with van der Waals surface area (Å²) in [5.74, 6) is 0.528. The van der Waals surface area contributed by atoms with Crippen molar-refractivity contribution < 1.29 is 4.79 Å². The normalized spacial score (nSPS) is 11.9. The van der Waals surface area contributed by atoms with Gasteiger partial charge >= 0.3 is 0 Å². The van der Waals surface area contributed by atoms with E-state index in [9.17, 15) is 4.79 Å². The third kappa shape index (κ3) is 4.49. The molecule has 1 aromatic carbocycles. The van der Waals surface area contributed by atoms with Crippen LogP contribution in [0.2, 0.25) is 0 Å². The highest BCUT2D eigenvalue weighted by molar-refractivity contribution is 5.98. The Bertz CT molecular complexity index is 406. The number of ketones is 1. The molecule has 1 rings (SSSR count). The van der Waals surface area contributed by atoms with E-state index < -0.39 is 0 Å². The Morgan fingerprint density at radius 3 is 2.16 bits per heavy atom. The highest BCUT2D eigenvalue weighted by Crippen LogP contribution is 2.25. The Morgan fingerprint density at radius 2 is 1.68 bits per heavy atom. The van der Waals surface area contributed by atoms with Crippen LogP contribution in [0.15, 0.2) is 24.3 Å². The summed E-state index contributed by atoms with van der Waals surface area (Å²) >= 11 is 0. The van der Waals surface area contributed by atoms with E-state index in [1.54, 1.807) is 0 Å². The average Bonchev–Trinajstić information content (AvgIpc) is 2.37. The molecular weight excluding hydrogens is 232 g/mol. The maximum Gasteiger partial charge on any atom is 0.165 e. The van der Waals surface area contributed by atoms with Gasteiger partial charge in [0.05, 0.1) is 0 Å². The largest absolute Gasteiger partial charge is 0.294 e. The van der Waals surface area contributed by atoms with Crippen molar-refractivity contribution in [3.8, 4) is 0 Å². The van der Waals surface area contributed by atoms with Crippen LogP contribution in [0.1, 0.15) is 76.2 Å². The third-order valence-electron chi connectivity index (χ3n) is 3.66. The van der Waals surface area contributed by atoms with Crippen LogP contribution >= 0.6 is 0 Å². The molecule has 0 fully saturated rings. The first-order chi connectivity index (χ1) is 8.90. The highest BCUT2D eigenvalue weighted by Gasteiger charge is 2.20. The second-order valence-electron chi connectivity index (χ2n) is 6.47. The summed E-state index contributed by atoms with van der Waals surface area (Å²) in [6.07, 6.45) is 4.17. The molecular formula is C18H28O. The molecule has 0 heterocycles. The van der Waals surface area contributed by atoms with Crippen LogP contribution in [0.25, 0.3) is 0 Å². The fourth-order valence-electron chi connectivity index (χ4n) is 2.48. The minimum atomic E-state index is 0.0985. The van der Waals surface area contributed by atoms with Crippen LogP contribution < -0.4 is 0 Å². The molecule has 1 aromatic rings. The molecule has 0 saturated carbocycles. The molecule has 19 heavy (non-hydrogen) atoms. The molecule has 106 valence electrons. The van der Waals surface area contributed by atoms with Crippen LogP contribution in [0.3, 0.4) is 0 Å². The van der Waals surface area contributed by atoms with Gasteiger partial charge in [0, 0.05) is 11.5 Å². The highest BCUT2D eigenvalue weighted by atomic mass is 16.1. The molecule has 0 bridgehead atoms. The predicted octanol–water partition coefficient (Wildman–Crippen LogP) is 5.38. The van der Waals surface area contributed by atoms with E-state index in [2.05, 4.69) is 46.8 Å². The summed E-state index contributed by atoms with van der Waals surface area (Å²) in [6, 6.07) is 8.19. The van der Waals surface area contributed by atoms with Gasteiger partial charge in [0.15, 0.2) is 5.78 Å². The lowest BCUT2D eigenvalue weighted by molar-refractivity contribution is 0.0905. The summed E-state index contributed by atoms with van der Waals surface area (Å²) in [5.41, 5.74) is 2.23. The Balaban J connectivity index is 2.98. The summed E-state index contributed by atoms with van der Waals surface area (Å²) in [7, 11) is 0. The molecule has 0 unspecified atom stereocenters. The van der Waals surface area contributed by atoms with Gasteiger partial charge in [-0.3, -0.25) is 4.79 Å². The Kier molecular flexibility index (Phi) is 5.78. The minimum absolute atomic E-state index is 0.0985. The molecule has 0 saturated heterocycles. The van der Waals surface area contributed by atoms with Gasteiger partial charge in [-0.1, -0.05) is 65.7 Å². The Morgan fingerprint density at radius 1 is 1.11 bits per heavy atom. The molecule has 0 aliphatic rings. The molecule has 1 heteroatoms. The summed E-state index contributed by atoms with van der Waals surface area (Å²) in [6.45, 7) is 10.9. The van der Waals surface area contributed by atoms with Crippen molar-refractivity contribution in [3.05, 3.63) is 35.4 Å². The standard InChI is InChI=1S/C18H28O/c1-6-9-14(10-7-2)17(19)15-11-8-12-16(13-15)18(3,4)5/h8,11-14H,6-7,9-10H2,1-5H3. The predicted molar refractivity (Wildman–Crippen MR) is 82.8 cm³/mol. The smallest absolute Gasteiger partial charge is 0.165 e. The van der Waals surface area contributed by atoms with Gasteiger partial charge in [-0.25, -0.2) is 0 Å². The maximum absolute atomic E-state index is 12.6. The zero-order valence-electron chi connectivity index (χ0n) is 13.1. The molecule has 0 aromatic heterocycles. The minimum Gasteiger partial charge on any atom is -0.294 e. The SMILES string of the molecule is CCCC(CCC)C(=O)c1cccc(C(C)(C)C)c1. The monoisotopic (exact) mass is 260 g/mol. The molecule has 0 radical (unpaired) electrons. The first-order valence-corrected chi connectivity index (χ1v) is 7.54. The fraction of sp³-hybridized carbons (Fsp3) is 0.611. The lowest BCUT2D eigenvalue weighted by atomic mass is 9.83. The van der Waals surface area contributed by atoms with E-state index in [0.29, 0.717) is 5.78 Å². The summed E-state index contributed by atoms with van der Waals surface area (Å²) in [4.78, 5) is 12.6.